The van der Waals surface area contributed by atoms with Crippen molar-refractivity contribution in [3.63, 3.8) is 0 Å². The number of hydrogen-bond donors (Lipinski definition) is 1. The number of carbonyl (C=O) groups excluding carboxylic acids is 4. The number of esters is 1. The van der Waals surface area contributed by atoms with Crippen molar-refractivity contribution >= 4 is 23.7 Å². The van der Waals surface area contributed by atoms with Crippen LogP contribution in [0.25, 0.3) is 0 Å². The lowest BCUT2D eigenvalue weighted by molar-refractivity contribution is -0.155. The normalized spacial score (nSPS) is 18.0. The number of benzene rings is 1. The molecule has 2 aliphatic heterocycles. The molecular formula is C24H28N4O6. The number of nitrogens with zero attached hydrogens (tertiary/aromatic N) is 3. The fraction of sp³-hybridized carbons (Fsp3) is 0.458. The predicted molar refractivity (Wildman–Crippen MR) is 120 cm³/mol. The van der Waals surface area contributed by atoms with Gasteiger partial charge in [0.1, 0.15) is 24.0 Å². The third-order valence-electron chi connectivity index (χ3n) is 5.59. The van der Waals surface area contributed by atoms with E-state index in [0.29, 0.717) is 24.3 Å². The van der Waals surface area contributed by atoms with Gasteiger partial charge in [-0.2, -0.15) is 5.10 Å². The zero-order valence-electron chi connectivity index (χ0n) is 19.5. The monoisotopic (exact) mass is 468 g/mol. The first-order chi connectivity index (χ1) is 16.1. The molecule has 1 N–H and O–H groups in total. The number of imide groups is 1. The van der Waals surface area contributed by atoms with Crippen LogP contribution >= 0.6 is 0 Å². The van der Waals surface area contributed by atoms with Crippen molar-refractivity contribution in [3.8, 4) is 5.75 Å². The van der Waals surface area contributed by atoms with Crippen LogP contribution in [0.2, 0.25) is 0 Å². The molecule has 1 aromatic carbocycles. The van der Waals surface area contributed by atoms with Crippen LogP contribution in [0.5, 0.6) is 5.75 Å². The summed E-state index contributed by atoms with van der Waals surface area (Å²) < 4.78 is 13.0. The topological polar surface area (TPSA) is 120 Å². The molecule has 4 rings (SSSR count). The van der Waals surface area contributed by atoms with Crippen molar-refractivity contribution in [2.24, 2.45) is 0 Å². The van der Waals surface area contributed by atoms with Crippen molar-refractivity contribution in [2.45, 2.75) is 71.4 Å². The van der Waals surface area contributed by atoms with Gasteiger partial charge in [0.2, 0.25) is 11.8 Å². The van der Waals surface area contributed by atoms with Gasteiger partial charge in [0.25, 0.3) is 5.91 Å². The highest BCUT2D eigenvalue weighted by molar-refractivity contribution is 6.05. The lowest BCUT2D eigenvalue weighted by Crippen LogP contribution is -2.52. The second-order valence-corrected chi connectivity index (χ2v) is 9.42. The van der Waals surface area contributed by atoms with Crippen LogP contribution in [-0.4, -0.2) is 50.0 Å². The molecular weight excluding hydrogens is 440 g/mol. The highest BCUT2D eigenvalue weighted by atomic mass is 16.6. The second kappa shape index (κ2) is 9.28. The maximum Gasteiger partial charge on any atom is 0.308 e. The van der Waals surface area contributed by atoms with E-state index in [-0.39, 0.29) is 43.8 Å². The summed E-state index contributed by atoms with van der Waals surface area (Å²) in [5.41, 5.74) is 1.50. The molecule has 0 saturated carbocycles. The van der Waals surface area contributed by atoms with Crippen molar-refractivity contribution in [1.29, 1.82) is 0 Å². The molecule has 1 saturated heterocycles. The summed E-state index contributed by atoms with van der Waals surface area (Å²) in [6.45, 7) is 6.34. The summed E-state index contributed by atoms with van der Waals surface area (Å²) in [6.07, 6.45) is 4.19. The Balaban J connectivity index is 1.37. The van der Waals surface area contributed by atoms with Crippen molar-refractivity contribution < 1.29 is 28.7 Å². The van der Waals surface area contributed by atoms with Crippen molar-refractivity contribution in [2.75, 3.05) is 0 Å². The SMILES string of the molecule is CC(C)(C)OC(=O)CCn1cc(COc2cccc3c2CN(C2CCC(=O)NC2=O)C3=O)cn1. The lowest BCUT2D eigenvalue weighted by atomic mass is 10.0. The molecule has 0 aliphatic carbocycles. The quantitative estimate of drug-likeness (QED) is 0.487. The second-order valence-electron chi connectivity index (χ2n) is 9.42. The minimum Gasteiger partial charge on any atom is -0.488 e. The molecule has 2 aromatic rings. The molecule has 3 heterocycles. The van der Waals surface area contributed by atoms with E-state index in [2.05, 4.69) is 10.4 Å². The molecule has 1 unspecified atom stereocenters. The standard InChI is InChI=1S/C24H28N4O6/c1-24(2,3)34-21(30)9-10-27-12-15(11-25-27)14-33-19-6-4-5-16-17(19)13-28(23(16)32)18-7-8-20(29)26-22(18)31/h4-6,11-12,18H,7-10,13-14H2,1-3H3,(H,26,29,31). The van der Waals surface area contributed by atoms with Crippen molar-refractivity contribution in [1.82, 2.24) is 20.0 Å². The minimum atomic E-state index is -0.673. The number of nitrogens with one attached hydrogen (secondary N) is 1. The first kappa shape index (κ1) is 23.5. The number of fused-ring (bicyclic) bond motifs is 1. The van der Waals surface area contributed by atoms with E-state index in [9.17, 15) is 19.2 Å². The number of hydrogen-bond acceptors (Lipinski definition) is 7. The third-order valence-corrected chi connectivity index (χ3v) is 5.59. The summed E-state index contributed by atoms with van der Waals surface area (Å²) in [5.74, 6) is -0.738. The van der Waals surface area contributed by atoms with E-state index in [4.69, 9.17) is 9.47 Å². The van der Waals surface area contributed by atoms with Crippen LogP contribution in [0, 0.1) is 0 Å². The van der Waals surface area contributed by atoms with E-state index < -0.39 is 17.6 Å². The third kappa shape index (κ3) is 5.27. The molecule has 3 amide bonds. The number of piperidine rings is 1. The minimum absolute atomic E-state index is 0.206. The number of amides is 3. The van der Waals surface area contributed by atoms with Gasteiger partial charge in [0.05, 0.1) is 25.7 Å². The summed E-state index contributed by atoms with van der Waals surface area (Å²) in [4.78, 5) is 50.0. The van der Waals surface area contributed by atoms with E-state index in [1.165, 1.54) is 4.90 Å². The van der Waals surface area contributed by atoms with Gasteiger partial charge >= 0.3 is 5.97 Å². The van der Waals surface area contributed by atoms with Crippen molar-refractivity contribution in [3.05, 3.63) is 47.3 Å². The van der Waals surface area contributed by atoms with E-state index in [1.807, 2.05) is 20.8 Å². The molecule has 10 heteroatoms. The number of ether oxygens (including phenoxy) is 2. The van der Waals surface area contributed by atoms with Crippen LogP contribution < -0.4 is 10.1 Å². The van der Waals surface area contributed by atoms with Crippen LogP contribution in [0.1, 0.15) is 61.5 Å². The molecule has 1 aromatic heterocycles. The number of aryl methyl sites for hydroxylation is 1. The fourth-order valence-electron chi connectivity index (χ4n) is 4.06. The largest absolute Gasteiger partial charge is 0.488 e. The Bertz CT molecular complexity index is 1130. The number of aromatic nitrogens is 2. The van der Waals surface area contributed by atoms with Gasteiger partial charge in [0.15, 0.2) is 0 Å². The Morgan fingerprint density at radius 1 is 1.24 bits per heavy atom. The number of carbonyl (C=O) groups is 4. The molecule has 0 spiro atoms. The smallest absolute Gasteiger partial charge is 0.308 e. The molecule has 1 fully saturated rings. The number of rotatable bonds is 7. The zero-order valence-corrected chi connectivity index (χ0v) is 19.5. The highest BCUT2D eigenvalue weighted by Crippen LogP contribution is 2.33. The van der Waals surface area contributed by atoms with Gasteiger partial charge in [-0.15, -0.1) is 0 Å². The molecule has 0 bridgehead atoms. The summed E-state index contributed by atoms with van der Waals surface area (Å²) >= 11 is 0. The Kier molecular flexibility index (Phi) is 6.41. The van der Waals surface area contributed by atoms with Crippen LogP contribution in [0.15, 0.2) is 30.6 Å². The van der Waals surface area contributed by atoms with Gasteiger partial charge in [0, 0.05) is 29.3 Å². The lowest BCUT2D eigenvalue weighted by Gasteiger charge is -2.29. The molecule has 0 radical (unpaired) electrons. The molecule has 2 aliphatic rings. The van der Waals surface area contributed by atoms with Crippen LogP contribution in [0.3, 0.4) is 0 Å². The molecule has 10 nitrogen and oxygen atoms in total. The maximum atomic E-state index is 12.9. The highest BCUT2D eigenvalue weighted by Gasteiger charge is 2.40. The Labute approximate surface area is 197 Å². The van der Waals surface area contributed by atoms with E-state index >= 15 is 0 Å². The molecule has 1 atom stereocenters. The van der Waals surface area contributed by atoms with E-state index in [0.717, 1.165) is 11.1 Å². The average molecular weight is 469 g/mol. The fourth-order valence-corrected chi connectivity index (χ4v) is 4.06. The van der Waals surface area contributed by atoms with Gasteiger partial charge < -0.3 is 14.4 Å². The van der Waals surface area contributed by atoms with Gasteiger partial charge in [-0.25, -0.2) is 0 Å². The van der Waals surface area contributed by atoms with Gasteiger partial charge in [-0.05, 0) is 39.3 Å². The van der Waals surface area contributed by atoms with Gasteiger partial charge in [-0.1, -0.05) is 6.07 Å². The average Bonchev–Trinajstić information content (AvgIpc) is 3.34. The Morgan fingerprint density at radius 2 is 2.03 bits per heavy atom. The maximum absolute atomic E-state index is 12.9. The van der Waals surface area contributed by atoms with E-state index in [1.54, 1.807) is 35.3 Å². The first-order valence-corrected chi connectivity index (χ1v) is 11.2. The van der Waals surface area contributed by atoms with Gasteiger partial charge in [-0.3, -0.25) is 29.2 Å². The molecule has 180 valence electrons. The Morgan fingerprint density at radius 3 is 2.76 bits per heavy atom. The summed E-state index contributed by atoms with van der Waals surface area (Å²) in [7, 11) is 0. The predicted octanol–water partition coefficient (Wildman–Crippen LogP) is 1.95. The first-order valence-electron chi connectivity index (χ1n) is 11.2. The Hall–Kier alpha value is -3.69. The van der Waals surface area contributed by atoms with Crippen LogP contribution in [0.4, 0.5) is 0 Å². The van der Waals surface area contributed by atoms with Crippen LogP contribution in [-0.2, 0) is 38.8 Å². The summed E-state index contributed by atoms with van der Waals surface area (Å²) in [5, 5.41) is 6.57. The molecule has 34 heavy (non-hydrogen) atoms. The zero-order chi connectivity index (χ0) is 24.5. The summed E-state index contributed by atoms with van der Waals surface area (Å²) in [6, 6.07) is 4.57.